The van der Waals surface area contributed by atoms with Crippen molar-refractivity contribution in [3.05, 3.63) is 34.6 Å². The molecule has 1 rings (SSSR count). The summed E-state index contributed by atoms with van der Waals surface area (Å²) in [5.41, 5.74) is 0.988. The molecule has 0 atom stereocenters. The van der Waals surface area contributed by atoms with Gasteiger partial charge in [-0.2, -0.15) is 0 Å². The van der Waals surface area contributed by atoms with Crippen LogP contribution in [0.2, 0.25) is 0 Å². The van der Waals surface area contributed by atoms with Crippen molar-refractivity contribution in [1.82, 2.24) is 4.98 Å². The van der Waals surface area contributed by atoms with Crippen molar-refractivity contribution in [2.45, 2.75) is 0 Å². The Morgan fingerprint density at radius 2 is 2.36 bits per heavy atom. The molecule has 0 unspecified atom stereocenters. The molecule has 1 aromatic heterocycles. The molecule has 0 saturated carbocycles. The highest BCUT2D eigenvalue weighted by Gasteiger charge is 1.86. The first-order valence-electron chi connectivity index (χ1n) is 3.22. The van der Waals surface area contributed by atoms with E-state index in [-0.39, 0.29) is 6.61 Å². The van der Waals surface area contributed by atoms with Gasteiger partial charge in [0.1, 0.15) is 4.60 Å². The van der Waals surface area contributed by atoms with E-state index in [9.17, 15) is 0 Å². The van der Waals surface area contributed by atoms with Crippen LogP contribution in [0.25, 0.3) is 6.08 Å². The van der Waals surface area contributed by atoms with Crippen LogP contribution >= 0.6 is 15.9 Å². The van der Waals surface area contributed by atoms with E-state index in [0.29, 0.717) is 0 Å². The van der Waals surface area contributed by atoms with Gasteiger partial charge in [0.2, 0.25) is 0 Å². The van der Waals surface area contributed by atoms with Gasteiger partial charge in [-0.05, 0) is 27.6 Å². The summed E-state index contributed by atoms with van der Waals surface area (Å²) in [6, 6.07) is 3.78. The lowest BCUT2D eigenvalue weighted by atomic mass is 10.3. The molecular weight excluding hydrogens is 206 g/mol. The van der Waals surface area contributed by atoms with Crippen molar-refractivity contribution < 1.29 is 5.11 Å². The second-order valence-electron chi connectivity index (χ2n) is 2.00. The first-order valence-corrected chi connectivity index (χ1v) is 4.01. The van der Waals surface area contributed by atoms with Gasteiger partial charge in [-0.3, -0.25) is 0 Å². The zero-order chi connectivity index (χ0) is 8.10. The lowest BCUT2D eigenvalue weighted by Crippen LogP contribution is -1.77. The number of aliphatic hydroxyl groups is 1. The molecule has 0 aliphatic rings. The van der Waals surface area contributed by atoms with E-state index in [4.69, 9.17) is 5.11 Å². The zero-order valence-electron chi connectivity index (χ0n) is 5.87. The minimum Gasteiger partial charge on any atom is -0.392 e. The second-order valence-corrected chi connectivity index (χ2v) is 2.81. The third-order valence-corrected chi connectivity index (χ3v) is 1.64. The summed E-state index contributed by atoms with van der Waals surface area (Å²) in [6.07, 6.45) is 5.22. The number of nitrogens with zero attached hydrogens (tertiary/aromatic N) is 1. The predicted octanol–water partition coefficient (Wildman–Crippen LogP) is 1.85. The number of aliphatic hydroxyl groups excluding tert-OH is 1. The van der Waals surface area contributed by atoms with Crippen LogP contribution in [0.1, 0.15) is 5.56 Å². The van der Waals surface area contributed by atoms with Gasteiger partial charge in [-0.25, -0.2) is 4.98 Å². The molecule has 1 heterocycles. The first kappa shape index (κ1) is 8.43. The third-order valence-electron chi connectivity index (χ3n) is 1.17. The number of aromatic nitrogens is 1. The van der Waals surface area contributed by atoms with Gasteiger partial charge in [0.25, 0.3) is 0 Å². The van der Waals surface area contributed by atoms with Crippen LogP contribution in [-0.4, -0.2) is 16.7 Å². The molecule has 11 heavy (non-hydrogen) atoms. The number of halogens is 1. The normalized spacial score (nSPS) is 10.7. The molecule has 58 valence electrons. The summed E-state index contributed by atoms with van der Waals surface area (Å²) in [6.45, 7) is 0.0655. The highest BCUT2D eigenvalue weighted by molar-refractivity contribution is 9.10. The zero-order valence-corrected chi connectivity index (χ0v) is 7.45. The maximum absolute atomic E-state index is 8.47. The number of rotatable bonds is 2. The average Bonchev–Trinajstić information content (AvgIpc) is 2.04. The van der Waals surface area contributed by atoms with Crippen LogP contribution in [0.4, 0.5) is 0 Å². The van der Waals surface area contributed by atoms with Crippen LogP contribution in [-0.2, 0) is 0 Å². The topological polar surface area (TPSA) is 33.1 Å². The molecule has 0 aliphatic carbocycles. The molecule has 0 aromatic carbocycles. The Balaban J connectivity index is 2.73. The van der Waals surface area contributed by atoms with Crippen molar-refractivity contribution in [2.24, 2.45) is 0 Å². The quantitative estimate of drug-likeness (QED) is 0.762. The average molecular weight is 214 g/mol. The SMILES string of the molecule is OCC=Cc1ccc(Br)nc1. The van der Waals surface area contributed by atoms with Crippen LogP contribution in [0, 0.1) is 0 Å². The lowest BCUT2D eigenvalue weighted by Gasteiger charge is -1.91. The molecule has 0 radical (unpaired) electrons. The Bertz CT molecular complexity index is 243. The summed E-state index contributed by atoms with van der Waals surface area (Å²) < 4.78 is 0.818. The maximum Gasteiger partial charge on any atom is 0.106 e. The van der Waals surface area contributed by atoms with Crippen LogP contribution in [0.5, 0.6) is 0 Å². The van der Waals surface area contributed by atoms with Crippen LogP contribution in [0.15, 0.2) is 29.0 Å². The fourth-order valence-corrected chi connectivity index (χ4v) is 0.909. The number of hydrogen-bond donors (Lipinski definition) is 1. The summed E-state index contributed by atoms with van der Waals surface area (Å²) >= 11 is 3.23. The van der Waals surface area contributed by atoms with E-state index in [1.165, 1.54) is 0 Å². The lowest BCUT2D eigenvalue weighted by molar-refractivity contribution is 0.343. The Labute approximate surface area is 73.7 Å². The molecule has 0 bridgehead atoms. The van der Waals surface area contributed by atoms with Gasteiger partial charge in [-0.1, -0.05) is 18.2 Å². The molecule has 1 N–H and O–H groups in total. The molecule has 0 saturated heterocycles. The summed E-state index contributed by atoms with van der Waals surface area (Å²) in [5, 5.41) is 8.47. The van der Waals surface area contributed by atoms with Crippen LogP contribution in [0.3, 0.4) is 0 Å². The Hall–Kier alpha value is -0.670. The maximum atomic E-state index is 8.47. The van der Waals surface area contributed by atoms with E-state index in [1.54, 1.807) is 12.3 Å². The summed E-state index contributed by atoms with van der Waals surface area (Å²) in [4.78, 5) is 4.02. The van der Waals surface area contributed by atoms with Crippen molar-refractivity contribution in [3.63, 3.8) is 0 Å². The van der Waals surface area contributed by atoms with Gasteiger partial charge in [0.05, 0.1) is 6.61 Å². The smallest absolute Gasteiger partial charge is 0.106 e. The highest BCUT2D eigenvalue weighted by atomic mass is 79.9. The summed E-state index contributed by atoms with van der Waals surface area (Å²) in [5.74, 6) is 0. The summed E-state index contributed by atoms with van der Waals surface area (Å²) in [7, 11) is 0. The van der Waals surface area contributed by atoms with Gasteiger partial charge in [0, 0.05) is 6.20 Å². The van der Waals surface area contributed by atoms with Crippen LogP contribution < -0.4 is 0 Å². The van der Waals surface area contributed by atoms with E-state index in [1.807, 2.05) is 18.2 Å². The molecule has 0 spiro atoms. The second kappa shape index (κ2) is 4.26. The highest BCUT2D eigenvalue weighted by Crippen LogP contribution is 2.06. The van der Waals surface area contributed by atoms with Gasteiger partial charge in [0.15, 0.2) is 0 Å². The molecular formula is C8H8BrNO. The van der Waals surface area contributed by atoms with E-state index < -0.39 is 0 Å². The first-order chi connectivity index (χ1) is 5.33. The van der Waals surface area contributed by atoms with Crippen molar-refractivity contribution >= 4 is 22.0 Å². The van der Waals surface area contributed by atoms with Crippen molar-refractivity contribution in [3.8, 4) is 0 Å². The van der Waals surface area contributed by atoms with Crippen molar-refractivity contribution in [1.29, 1.82) is 0 Å². The molecule has 3 heteroatoms. The molecule has 0 amide bonds. The molecule has 1 aromatic rings. The Morgan fingerprint density at radius 3 is 2.91 bits per heavy atom. The van der Waals surface area contributed by atoms with E-state index in [0.717, 1.165) is 10.2 Å². The van der Waals surface area contributed by atoms with Gasteiger partial charge >= 0.3 is 0 Å². The van der Waals surface area contributed by atoms with Crippen molar-refractivity contribution in [2.75, 3.05) is 6.61 Å². The standard InChI is InChI=1S/C8H8BrNO/c9-8-4-3-7(6-10-8)2-1-5-11/h1-4,6,11H,5H2. The fourth-order valence-electron chi connectivity index (χ4n) is 0.675. The number of pyridine rings is 1. The minimum atomic E-state index is 0.0655. The molecule has 2 nitrogen and oxygen atoms in total. The fraction of sp³-hybridized carbons (Fsp3) is 0.125. The third kappa shape index (κ3) is 2.82. The van der Waals surface area contributed by atoms with E-state index in [2.05, 4.69) is 20.9 Å². The van der Waals surface area contributed by atoms with Gasteiger partial charge in [-0.15, -0.1) is 0 Å². The number of hydrogen-bond acceptors (Lipinski definition) is 2. The Kier molecular flexibility index (Phi) is 3.26. The minimum absolute atomic E-state index is 0.0655. The van der Waals surface area contributed by atoms with Gasteiger partial charge < -0.3 is 5.11 Å². The largest absolute Gasteiger partial charge is 0.392 e. The van der Waals surface area contributed by atoms with E-state index >= 15 is 0 Å². The molecule has 0 fully saturated rings. The monoisotopic (exact) mass is 213 g/mol. The Morgan fingerprint density at radius 1 is 1.55 bits per heavy atom. The molecule has 0 aliphatic heterocycles. The predicted molar refractivity (Wildman–Crippen MR) is 48.1 cm³/mol.